The highest BCUT2D eigenvalue weighted by Crippen LogP contribution is 2.10. The van der Waals surface area contributed by atoms with Crippen molar-refractivity contribution in [3.05, 3.63) is 22.6 Å². The van der Waals surface area contributed by atoms with E-state index in [4.69, 9.17) is 7.85 Å². The first kappa shape index (κ1) is 9.27. The smallest absolute Gasteiger partial charge is 0.242 e. The maximum Gasteiger partial charge on any atom is 0.242 e. The summed E-state index contributed by atoms with van der Waals surface area (Å²) in [6, 6.07) is 1.57. The van der Waals surface area contributed by atoms with Crippen LogP contribution in [0.4, 0.5) is 0 Å². The van der Waals surface area contributed by atoms with Gasteiger partial charge in [-0.1, -0.05) is 17.8 Å². The monoisotopic (exact) mass is 203 g/mol. The predicted molar refractivity (Wildman–Crippen MR) is 57.3 cm³/mol. The number of thioether (sulfide) groups is 1. The predicted octanol–water partition coefficient (Wildman–Crippen LogP) is -0.166. The largest absolute Gasteiger partial charge is 0.307 e. The van der Waals surface area contributed by atoms with E-state index in [1.165, 1.54) is 11.8 Å². The summed E-state index contributed by atoms with van der Waals surface area (Å²) < 4.78 is 0. The number of aromatic amines is 1. The number of H-pyrrole nitrogens is 1. The fraction of sp³-hybridized carbons (Fsp3) is 0.125. The second-order valence-electron chi connectivity index (χ2n) is 2.71. The van der Waals surface area contributed by atoms with Gasteiger partial charge in [0, 0.05) is 11.6 Å². The molecule has 2 aromatic heterocycles. The highest BCUT2D eigenvalue weighted by atomic mass is 32.2. The quantitative estimate of drug-likeness (QED) is 0.397. The normalized spacial score (nSPS) is 10.6. The summed E-state index contributed by atoms with van der Waals surface area (Å²) in [6.07, 6.45) is 3.51. The third-order valence-electron chi connectivity index (χ3n) is 1.78. The minimum atomic E-state index is -0.316. The van der Waals surface area contributed by atoms with Gasteiger partial charge in [-0.25, -0.2) is 9.97 Å². The van der Waals surface area contributed by atoms with Crippen LogP contribution in [0.5, 0.6) is 0 Å². The van der Waals surface area contributed by atoms with Crippen molar-refractivity contribution >= 4 is 36.1 Å². The van der Waals surface area contributed by atoms with Crippen molar-refractivity contribution in [1.29, 1.82) is 0 Å². The van der Waals surface area contributed by atoms with Crippen LogP contribution >= 0.6 is 11.8 Å². The van der Waals surface area contributed by atoms with E-state index in [-0.39, 0.29) is 11.0 Å². The Hall–Kier alpha value is -1.30. The van der Waals surface area contributed by atoms with Gasteiger partial charge in [0.1, 0.15) is 13.5 Å². The van der Waals surface area contributed by atoms with Crippen molar-refractivity contribution in [3.8, 4) is 0 Å². The first-order valence-corrected chi connectivity index (χ1v) is 5.12. The Morgan fingerprint density at radius 3 is 3.07 bits per heavy atom. The van der Waals surface area contributed by atoms with Crippen LogP contribution in [-0.2, 0) is 0 Å². The molecule has 1 N–H and O–H groups in total. The van der Waals surface area contributed by atoms with Crippen molar-refractivity contribution in [1.82, 2.24) is 15.0 Å². The second-order valence-corrected chi connectivity index (χ2v) is 3.49. The molecule has 2 rings (SSSR count). The average molecular weight is 203 g/mol. The molecule has 4 nitrogen and oxygen atoms in total. The molecule has 0 aliphatic rings. The SMILES string of the molecule is [B]c1cc2cnc(SC)nc2[nH]c1=O. The number of pyridine rings is 1. The zero-order valence-electron chi connectivity index (χ0n) is 7.44. The Morgan fingerprint density at radius 2 is 2.36 bits per heavy atom. The third-order valence-corrected chi connectivity index (χ3v) is 2.34. The highest BCUT2D eigenvalue weighted by molar-refractivity contribution is 7.98. The summed E-state index contributed by atoms with van der Waals surface area (Å²) in [6.45, 7) is 0. The zero-order chi connectivity index (χ0) is 10.1. The molecule has 14 heavy (non-hydrogen) atoms. The lowest BCUT2D eigenvalue weighted by Gasteiger charge is -1.99. The van der Waals surface area contributed by atoms with Crippen molar-refractivity contribution in [2.75, 3.05) is 6.26 Å². The molecule has 0 aliphatic carbocycles. The molecule has 0 atom stereocenters. The summed E-state index contributed by atoms with van der Waals surface area (Å²) in [4.78, 5) is 22.0. The molecule has 0 bridgehead atoms. The molecular weight excluding hydrogens is 197 g/mol. The van der Waals surface area contributed by atoms with Crippen LogP contribution in [-0.4, -0.2) is 29.1 Å². The van der Waals surface area contributed by atoms with Gasteiger partial charge < -0.3 is 4.98 Å². The van der Waals surface area contributed by atoms with Crippen LogP contribution in [0.3, 0.4) is 0 Å². The van der Waals surface area contributed by atoms with E-state index in [2.05, 4.69) is 15.0 Å². The van der Waals surface area contributed by atoms with Crippen molar-refractivity contribution < 1.29 is 0 Å². The van der Waals surface area contributed by atoms with Gasteiger partial charge in [-0.3, -0.25) is 4.79 Å². The number of aromatic nitrogens is 3. The fourth-order valence-corrected chi connectivity index (χ4v) is 1.43. The Kier molecular flexibility index (Phi) is 2.29. The molecule has 2 aromatic rings. The minimum Gasteiger partial charge on any atom is -0.307 e. The van der Waals surface area contributed by atoms with Gasteiger partial charge in [0.2, 0.25) is 5.56 Å². The van der Waals surface area contributed by atoms with Crippen LogP contribution in [0.1, 0.15) is 0 Å². The van der Waals surface area contributed by atoms with Crippen LogP contribution in [0.25, 0.3) is 11.0 Å². The standard InChI is InChI=1S/C8H6BN3OS/c1-14-8-10-3-4-2-5(9)7(13)11-6(4)12-8/h2-3H,1H3,(H,10,11,12,13). The van der Waals surface area contributed by atoms with E-state index < -0.39 is 0 Å². The van der Waals surface area contributed by atoms with Crippen molar-refractivity contribution in [2.45, 2.75) is 5.16 Å². The maximum atomic E-state index is 11.2. The fourth-order valence-electron chi connectivity index (χ4n) is 1.09. The number of hydrogen-bond acceptors (Lipinski definition) is 4. The van der Waals surface area contributed by atoms with Gasteiger partial charge in [-0.05, 0) is 11.7 Å². The van der Waals surface area contributed by atoms with E-state index in [0.717, 1.165) is 5.39 Å². The van der Waals surface area contributed by atoms with Crippen LogP contribution in [0.15, 0.2) is 22.2 Å². The summed E-state index contributed by atoms with van der Waals surface area (Å²) in [5.41, 5.74) is 0.379. The number of nitrogens with one attached hydrogen (secondary N) is 1. The molecule has 0 aliphatic heterocycles. The lowest BCUT2D eigenvalue weighted by Crippen LogP contribution is -2.27. The summed E-state index contributed by atoms with van der Waals surface area (Å²) in [5.74, 6) is 0. The summed E-state index contributed by atoms with van der Waals surface area (Å²) >= 11 is 1.42. The highest BCUT2D eigenvalue weighted by Gasteiger charge is 2.01. The number of hydrogen-bond donors (Lipinski definition) is 1. The minimum absolute atomic E-state index is 0.179. The topological polar surface area (TPSA) is 58.6 Å². The van der Waals surface area contributed by atoms with E-state index in [0.29, 0.717) is 10.8 Å². The van der Waals surface area contributed by atoms with E-state index >= 15 is 0 Å². The van der Waals surface area contributed by atoms with Crippen LogP contribution < -0.4 is 11.0 Å². The second kappa shape index (κ2) is 3.45. The van der Waals surface area contributed by atoms with Gasteiger partial charge in [0.25, 0.3) is 0 Å². The number of fused-ring (bicyclic) bond motifs is 1. The van der Waals surface area contributed by atoms with E-state index in [1.807, 2.05) is 6.26 Å². The van der Waals surface area contributed by atoms with Gasteiger partial charge in [0.15, 0.2) is 5.16 Å². The third kappa shape index (κ3) is 1.53. The molecule has 6 heteroatoms. The van der Waals surface area contributed by atoms with Gasteiger partial charge >= 0.3 is 0 Å². The molecule has 2 radical (unpaired) electrons. The van der Waals surface area contributed by atoms with Gasteiger partial charge in [0.05, 0.1) is 0 Å². The first-order valence-electron chi connectivity index (χ1n) is 3.90. The molecule has 0 saturated carbocycles. The molecular formula is C8H6BN3OS. The molecule has 68 valence electrons. The average Bonchev–Trinajstić information content (AvgIpc) is 2.19. The summed E-state index contributed by atoms with van der Waals surface area (Å²) in [7, 11) is 5.45. The first-order chi connectivity index (χ1) is 6.70. The van der Waals surface area contributed by atoms with Crippen LogP contribution in [0, 0.1) is 0 Å². The van der Waals surface area contributed by atoms with Crippen molar-refractivity contribution in [3.63, 3.8) is 0 Å². The molecule has 2 heterocycles. The summed E-state index contributed by atoms with van der Waals surface area (Å²) in [5, 5.41) is 1.36. The number of nitrogens with zero attached hydrogens (tertiary/aromatic N) is 2. The van der Waals surface area contributed by atoms with E-state index in [9.17, 15) is 4.79 Å². The van der Waals surface area contributed by atoms with Gasteiger partial charge in [-0.15, -0.1) is 0 Å². The van der Waals surface area contributed by atoms with Gasteiger partial charge in [-0.2, -0.15) is 0 Å². The molecule has 0 unspecified atom stereocenters. The van der Waals surface area contributed by atoms with Crippen LogP contribution in [0.2, 0.25) is 0 Å². The number of rotatable bonds is 1. The lowest BCUT2D eigenvalue weighted by atomic mass is 9.97. The molecule has 0 saturated heterocycles. The molecule has 0 amide bonds. The molecule has 0 spiro atoms. The molecule has 0 aromatic carbocycles. The zero-order valence-corrected chi connectivity index (χ0v) is 8.26. The maximum absolute atomic E-state index is 11.2. The van der Waals surface area contributed by atoms with E-state index in [1.54, 1.807) is 12.3 Å². The van der Waals surface area contributed by atoms with Crippen molar-refractivity contribution in [2.24, 2.45) is 0 Å². The Labute approximate surface area is 85.6 Å². The Balaban J connectivity index is 2.77. The molecule has 0 fully saturated rings. The Morgan fingerprint density at radius 1 is 1.57 bits per heavy atom. The lowest BCUT2D eigenvalue weighted by molar-refractivity contribution is 0.989. The Bertz CT molecular complexity index is 540.